The van der Waals surface area contributed by atoms with Crippen molar-refractivity contribution in [2.75, 3.05) is 0 Å². The zero-order chi connectivity index (χ0) is 12.3. The Morgan fingerprint density at radius 1 is 1.00 bits per heavy atom. The number of rotatable bonds is 0. The van der Waals surface area contributed by atoms with E-state index in [1.54, 1.807) is 24.3 Å². The maximum Gasteiger partial charge on any atom is 0.258 e. The molecule has 1 aliphatic heterocycles. The van der Waals surface area contributed by atoms with E-state index in [9.17, 15) is 9.59 Å². The minimum absolute atomic E-state index is 0.300. The zero-order valence-corrected chi connectivity index (χ0v) is 10.0. The van der Waals surface area contributed by atoms with Crippen LogP contribution in [0.4, 0.5) is 0 Å². The minimum atomic E-state index is -0.300. The van der Waals surface area contributed by atoms with E-state index in [-0.39, 0.29) is 11.8 Å². The molecule has 90 valence electrons. The Labute approximate surface area is 101 Å². The smallest absolute Gasteiger partial charge is 0.258 e. The number of carbonyl (C=O) groups excluding carboxylic acids is 2. The molecule has 3 nitrogen and oxygen atoms in total. The third kappa shape index (κ3) is 2.73. The molecule has 0 saturated heterocycles. The van der Waals surface area contributed by atoms with Gasteiger partial charge in [-0.3, -0.25) is 14.9 Å². The average molecular weight is 231 g/mol. The molecule has 3 rings (SSSR count). The van der Waals surface area contributed by atoms with Gasteiger partial charge in [-0.25, -0.2) is 0 Å². The van der Waals surface area contributed by atoms with Gasteiger partial charge in [-0.1, -0.05) is 44.7 Å². The van der Waals surface area contributed by atoms with Gasteiger partial charge in [0.2, 0.25) is 0 Å². The summed E-state index contributed by atoms with van der Waals surface area (Å²) in [6, 6.07) is 6.74. The fourth-order valence-corrected chi connectivity index (χ4v) is 2.25. The highest BCUT2D eigenvalue weighted by Gasteiger charge is 2.25. The first kappa shape index (κ1) is 11.8. The summed E-state index contributed by atoms with van der Waals surface area (Å²) in [4.78, 5) is 21.9. The zero-order valence-electron chi connectivity index (χ0n) is 10.0. The quantitative estimate of drug-likeness (QED) is 0.698. The third-order valence-corrected chi connectivity index (χ3v) is 3.29. The largest absolute Gasteiger partial charge is 0.288 e. The first-order valence-corrected chi connectivity index (χ1v) is 6.13. The van der Waals surface area contributed by atoms with Crippen LogP contribution in [-0.4, -0.2) is 11.8 Å². The van der Waals surface area contributed by atoms with E-state index >= 15 is 0 Å². The number of nitrogens with one attached hydrogen (secondary N) is 1. The first-order valence-electron chi connectivity index (χ1n) is 6.13. The first-order chi connectivity index (χ1) is 8.18. The number of carbonyl (C=O) groups is 2. The highest BCUT2D eigenvalue weighted by molar-refractivity contribution is 6.21. The molecule has 0 spiro atoms. The number of imide groups is 1. The van der Waals surface area contributed by atoms with E-state index in [0.29, 0.717) is 11.1 Å². The van der Waals surface area contributed by atoms with E-state index in [0.717, 1.165) is 5.92 Å². The molecule has 0 aromatic heterocycles. The van der Waals surface area contributed by atoms with Crippen molar-refractivity contribution in [1.29, 1.82) is 0 Å². The lowest BCUT2D eigenvalue weighted by atomic mass is 10.1. The molecular weight excluding hydrogens is 214 g/mol. The van der Waals surface area contributed by atoms with Crippen LogP contribution >= 0.6 is 0 Å². The van der Waals surface area contributed by atoms with E-state index in [1.165, 1.54) is 25.7 Å². The van der Waals surface area contributed by atoms with Gasteiger partial charge in [0.05, 0.1) is 11.1 Å². The van der Waals surface area contributed by atoms with Crippen molar-refractivity contribution in [3.05, 3.63) is 35.4 Å². The number of hydrogen-bond acceptors (Lipinski definition) is 2. The molecule has 1 saturated carbocycles. The monoisotopic (exact) mass is 231 g/mol. The van der Waals surface area contributed by atoms with Gasteiger partial charge in [0.15, 0.2) is 0 Å². The number of amides is 2. The summed E-state index contributed by atoms with van der Waals surface area (Å²) in [6.07, 6.45) is 5.95. The second-order valence-electron chi connectivity index (χ2n) is 4.72. The fraction of sp³-hybridized carbons (Fsp3) is 0.429. The lowest BCUT2D eigenvalue weighted by Gasteiger charge is -1.91. The lowest BCUT2D eigenvalue weighted by Crippen LogP contribution is -2.19. The van der Waals surface area contributed by atoms with Crippen LogP contribution in [0.1, 0.15) is 53.3 Å². The van der Waals surface area contributed by atoms with Crippen molar-refractivity contribution in [3.63, 3.8) is 0 Å². The molecule has 0 unspecified atom stereocenters. The Morgan fingerprint density at radius 2 is 1.47 bits per heavy atom. The topological polar surface area (TPSA) is 46.2 Å². The average Bonchev–Trinajstić information content (AvgIpc) is 2.90. The molecule has 3 heteroatoms. The SMILES string of the molecule is CC1CCCC1.O=C1NC(=O)c2ccccc21. The summed E-state index contributed by atoms with van der Waals surface area (Å²) in [5, 5.41) is 2.20. The highest BCUT2D eigenvalue weighted by Crippen LogP contribution is 2.22. The van der Waals surface area contributed by atoms with Crippen LogP contribution in [0.2, 0.25) is 0 Å². The predicted molar refractivity (Wildman–Crippen MR) is 65.9 cm³/mol. The van der Waals surface area contributed by atoms with E-state index in [1.807, 2.05) is 0 Å². The third-order valence-electron chi connectivity index (χ3n) is 3.29. The highest BCUT2D eigenvalue weighted by atomic mass is 16.2. The standard InChI is InChI=1S/C8H5NO2.C6H12/c10-7-5-3-1-2-4-6(5)8(11)9-7;1-6-4-2-3-5-6/h1-4H,(H,9,10,11);6H,2-5H2,1H3. The van der Waals surface area contributed by atoms with Gasteiger partial charge >= 0.3 is 0 Å². The van der Waals surface area contributed by atoms with Crippen molar-refractivity contribution >= 4 is 11.8 Å². The van der Waals surface area contributed by atoms with Crippen molar-refractivity contribution < 1.29 is 9.59 Å². The summed E-state index contributed by atoms with van der Waals surface area (Å²) in [6.45, 7) is 2.34. The van der Waals surface area contributed by atoms with E-state index in [4.69, 9.17) is 0 Å². The van der Waals surface area contributed by atoms with Gasteiger partial charge < -0.3 is 0 Å². The normalized spacial score (nSPS) is 18.4. The Balaban J connectivity index is 0.000000153. The minimum Gasteiger partial charge on any atom is -0.288 e. The van der Waals surface area contributed by atoms with Gasteiger partial charge in [-0.15, -0.1) is 0 Å². The summed E-state index contributed by atoms with van der Waals surface area (Å²) < 4.78 is 0. The summed E-state index contributed by atoms with van der Waals surface area (Å²) in [7, 11) is 0. The van der Waals surface area contributed by atoms with Gasteiger partial charge in [0, 0.05) is 0 Å². The fourth-order valence-electron chi connectivity index (χ4n) is 2.25. The van der Waals surface area contributed by atoms with Crippen LogP contribution in [-0.2, 0) is 0 Å². The second-order valence-corrected chi connectivity index (χ2v) is 4.72. The summed E-state index contributed by atoms with van der Waals surface area (Å²) in [5.74, 6) is 0.446. The van der Waals surface area contributed by atoms with Crippen LogP contribution in [0.5, 0.6) is 0 Å². The maximum atomic E-state index is 10.9. The predicted octanol–water partition coefficient (Wildman–Crippen LogP) is 2.77. The molecule has 0 bridgehead atoms. The Hall–Kier alpha value is -1.64. The molecule has 1 aromatic carbocycles. The molecule has 0 atom stereocenters. The van der Waals surface area contributed by atoms with Crippen LogP contribution in [0.15, 0.2) is 24.3 Å². The molecule has 17 heavy (non-hydrogen) atoms. The molecule has 1 N–H and O–H groups in total. The van der Waals surface area contributed by atoms with Crippen molar-refractivity contribution in [1.82, 2.24) is 5.32 Å². The van der Waals surface area contributed by atoms with Gasteiger partial charge in [-0.2, -0.15) is 0 Å². The lowest BCUT2D eigenvalue weighted by molar-refractivity contribution is 0.0879. The maximum absolute atomic E-state index is 10.9. The molecule has 1 heterocycles. The van der Waals surface area contributed by atoms with Gasteiger partial charge in [0.1, 0.15) is 0 Å². The van der Waals surface area contributed by atoms with Gasteiger partial charge in [-0.05, 0) is 18.1 Å². The second kappa shape index (κ2) is 5.13. The summed E-state index contributed by atoms with van der Waals surface area (Å²) >= 11 is 0. The molecule has 2 amide bonds. The van der Waals surface area contributed by atoms with Crippen molar-refractivity contribution in [3.8, 4) is 0 Å². The van der Waals surface area contributed by atoms with Crippen molar-refractivity contribution in [2.45, 2.75) is 32.6 Å². The Bertz CT molecular complexity index is 401. The van der Waals surface area contributed by atoms with Crippen LogP contribution in [0.25, 0.3) is 0 Å². The van der Waals surface area contributed by atoms with Crippen LogP contribution < -0.4 is 5.32 Å². The number of fused-ring (bicyclic) bond motifs is 1. The molecule has 1 aliphatic carbocycles. The molecule has 2 aliphatic rings. The Kier molecular flexibility index (Phi) is 3.57. The summed E-state index contributed by atoms with van der Waals surface area (Å²) in [5.41, 5.74) is 0.940. The molecule has 1 aromatic rings. The van der Waals surface area contributed by atoms with E-state index < -0.39 is 0 Å². The Morgan fingerprint density at radius 3 is 1.82 bits per heavy atom. The van der Waals surface area contributed by atoms with Crippen LogP contribution in [0, 0.1) is 5.92 Å². The molecule has 0 radical (unpaired) electrons. The molecular formula is C14H17NO2. The van der Waals surface area contributed by atoms with Crippen molar-refractivity contribution in [2.24, 2.45) is 5.92 Å². The molecule has 1 fully saturated rings. The van der Waals surface area contributed by atoms with Crippen LogP contribution in [0.3, 0.4) is 0 Å². The number of benzene rings is 1. The van der Waals surface area contributed by atoms with E-state index in [2.05, 4.69) is 12.2 Å². The number of hydrogen-bond donors (Lipinski definition) is 1. The van der Waals surface area contributed by atoms with Gasteiger partial charge in [0.25, 0.3) is 11.8 Å².